The van der Waals surface area contributed by atoms with Crippen LogP contribution in [0.15, 0.2) is 6.33 Å². The van der Waals surface area contributed by atoms with Gasteiger partial charge in [-0.05, 0) is 26.2 Å². The van der Waals surface area contributed by atoms with Crippen molar-refractivity contribution in [3.8, 4) is 0 Å². The van der Waals surface area contributed by atoms with E-state index in [4.69, 9.17) is 0 Å². The van der Waals surface area contributed by atoms with Crippen molar-refractivity contribution in [3.63, 3.8) is 0 Å². The molecule has 1 saturated heterocycles. The number of aromatic nitrogens is 2. The molecule has 1 aliphatic heterocycles. The molecule has 0 aromatic carbocycles. The Kier molecular flexibility index (Phi) is 2.52. The zero-order valence-corrected chi connectivity index (χ0v) is 9.74. The van der Waals surface area contributed by atoms with E-state index in [9.17, 15) is 0 Å². The average molecular weight is 218 g/mol. The van der Waals surface area contributed by atoms with Gasteiger partial charge in [0.25, 0.3) is 0 Å². The van der Waals surface area contributed by atoms with E-state index < -0.39 is 0 Å². The second kappa shape index (κ2) is 4.01. The van der Waals surface area contributed by atoms with Crippen molar-refractivity contribution >= 4 is 5.82 Å². The van der Waals surface area contributed by atoms with Gasteiger partial charge in [0.15, 0.2) is 0 Å². The summed E-state index contributed by atoms with van der Waals surface area (Å²) in [6, 6.07) is 0.629. The lowest BCUT2D eigenvalue weighted by Gasteiger charge is -2.39. The largest absolute Gasteiger partial charge is 0.351 e. The minimum Gasteiger partial charge on any atom is -0.351 e. The highest BCUT2D eigenvalue weighted by Gasteiger charge is 2.28. The average Bonchev–Trinajstić information content (AvgIpc) is 2.70. The summed E-state index contributed by atoms with van der Waals surface area (Å²) in [5.74, 6) is 1.19. The molecular weight excluding hydrogens is 200 g/mol. The van der Waals surface area contributed by atoms with Crippen LogP contribution in [-0.4, -0.2) is 35.6 Å². The van der Waals surface area contributed by atoms with Gasteiger partial charge in [-0.1, -0.05) is 0 Å². The van der Waals surface area contributed by atoms with Crippen LogP contribution in [0.2, 0.25) is 0 Å². The normalized spacial score (nSPS) is 19.3. The van der Waals surface area contributed by atoms with Gasteiger partial charge < -0.3 is 10.2 Å². The Morgan fingerprint density at radius 1 is 1.38 bits per heavy atom. The molecule has 0 unspecified atom stereocenters. The molecule has 0 saturated carbocycles. The molecule has 0 atom stereocenters. The SMILES string of the molecule is CCN(c1ncnc2c1CCC2)C1CNC1. The van der Waals surface area contributed by atoms with Gasteiger partial charge in [0, 0.05) is 30.9 Å². The molecule has 16 heavy (non-hydrogen) atoms. The third kappa shape index (κ3) is 1.48. The van der Waals surface area contributed by atoms with Crippen LogP contribution in [0.25, 0.3) is 0 Å². The van der Waals surface area contributed by atoms with Gasteiger partial charge >= 0.3 is 0 Å². The second-order valence-corrected chi connectivity index (χ2v) is 4.57. The Hall–Kier alpha value is -1.16. The molecule has 0 amide bonds. The lowest BCUT2D eigenvalue weighted by Crippen LogP contribution is -2.57. The molecule has 2 heterocycles. The van der Waals surface area contributed by atoms with Crippen molar-refractivity contribution in [2.75, 3.05) is 24.5 Å². The summed E-state index contributed by atoms with van der Waals surface area (Å²) in [6.07, 6.45) is 5.25. The van der Waals surface area contributed by atoms with E-state index in [2.05, 4.69) is 27.1 Å². The van der Waals surface area contributed by atoms with Crippen molar-refractivity contribution in [2.45, 2.75) is 32.2 Å². The second-order valence-electron chi connectivity index (χ2n) is 4.57. The van der Waals surface area contributed by atoms with Crippen LogP contribution in [0, 0.1) is 0 Å². The van der Waals surface area contributed by atoms with E-state index in [0.29, 0.717) is 6.04 Å². The van der Waals surface area contributed by atoms with E-state index in [1.54, 1.807) is 6.33 Å². The highest BCUT2D eigenvalue weighted by molar-refractivity contribution is 5.51. The summed E-state index contributed by atoms with van der Waals surface area (Å²) in [4.78, 5) is 11.3. The number of nitrogens with zero attached hydrogens (tertiary/aromatic N) is 3. The smallest absolute Gasteiger partial charge is 0.135 e. The number of hydrogen-bond donors (Lipinski definition) is 1. The Bertz CT molecular complexity index is 387. The van der Waals surface area contributed by atoms with E-state index in [-0.39, 0.29) is 0 Å². The molecule has 86 valence electrons. The van der Waals surface area contributed by atoms with Crippen LogP contribution >= 0.6 is 0 Å². The summed E-state index contributed by atoms with van der Waals surface area (Å²) >= 11 is 0. The van der Waals surface area contributed by atoms with Gasteiger partial charge in [-0.25, -0.2) is 9.97 Å². The number of fused-ring (bicyclic) bond motifs is 1. The van der Waals surface area contributed by atoms with Crippen molar-refractivity contribution < 1.29 is 0 Å². The quantitative estimate of drug-likeness (QED) is 0.813. The fourth-order valence-corrected chi connectivity index (χ4v) is 2.66. The summed E-state index contributed by atoms with van der Waals surface area (Å²) in [6.45, 7) is 5.43. The van der Waals surface area contributed by atoms with Crippen LogP contribution in [0.3, 0.4) is 0 Å². The molecule has 1 N–H and O–H groups in total. The highest BCUT2D eigenvalue weighted by Crippen LogP contribution is 2.29. The summed E-state index contributed by atoms with van der Waals surface area (Å²) in [5.41, 5.74) is 2.67. The monoisotopic (exact) mass is 218 g/mol. The predicted molar refractivity (Wildman–Crippen MR) is 63.7 cm³/mol. The molecule has 4 heteroatoms. The molecule has 2 aliphatic rings. The maximum atomic E-state index is 4.51. The summed E-state index contributed by atoms with van der Waals surface area (Å²) < 4.78 is 0. The fourth-order valence-electron chi connectivity index (χ4n) is 2.66. The highest BCUT2D eigenvalue weighted by atomic mass is 15.3. The Balaban J connectivity index is 1.95. The van der Waals surface area contributed by atoms with Crippen LogP contribution in [0.4, 0.5) is 5.82 Å². The number of nitrogens with one attached hydrogen (secondary N) is 1. The van der Waals surface area contributed by atoms with Gasteiger partial charge in [-0.2, -0.15) is 0 Å². The van der Waals surface area contributed by atoms with E-state index in [1.165, 1.54) is 23.5 Å². The number of likely N-dealkylation sites (N-methyl/N-ethyl adjacent to an activating group) is 1. The molecule has 0 radical (unpaired) electrons. The number of anilines is 1. The van der Waals surface area contributed by atoms with Gasteiger partial charge in [-0.3, -0.25) is 0 Å². The first kappa shape index (κ1) is 10.0. The lowest BCUT2D eigenvalue weighted by atomic mass is 10.1. The van der Waals surface area contributed by atoms with Gasteiger partial charge in [-0.15, -0.1) is 0 Å². The van der Waals surface area contributed by atoms with Crippen LogP contribution in [0.5, 0.6) is 0 Å². The van der Waals surface area contributed by atoms with E-state index in [1.807, 2.05) is 0 Å². The van der Waals surface area contributed by atoms with Crippen molar-refractivity contribution in [1.29, 1.82) is 0 Å². The van der Waals surface area contributed by atoms with Crippen LogP contribution in [-0.2, 0) is 12.8 Å². The molecule has 4 nitrogen and oxygen atoms in total. The zero-order valence-electron chi connectivity index (χ0n) is 9.74. The van der Waals surface area contributed by atoms with Gasteiger partial charge in [0.05, 0.1) is 6.04 Å². The molecule has 1 aromatic rings. The number of aryl methyl sites for hydroxylation is 1. The first-order valence-electron chi connectivity index (χ1n) is 6.20. The van der Waals surface area contributed by atoms with Crippen LogP contribution in [0.1, 0.15) is 24.6 Å². The third-order valence-electron chi connectivity index (χ3n) is 3.67. The number of rotatable bonds is 3. The van der Waals surface area contributed by atoms with Crippen molar-refractivity contribution in [1.82, 2.24) is 15.3 Å². The van der Waals surface area contributed by atoms with Crippen molar-refractivity contribution in [2.24, 2.45) is 0 Å². The first-order chi connectivity index (χ1) is 7.90. The molecule has 0 spiro atoms. The van der Waals surface area contributed by atoms with E-state index in [0.717, 1.165) is 32.5 Å². The lowest BCUT2D eigenvalue weighted by molar-refractivity contribution is 0.414. The standard InChI is InChI=1S/C12H18N4/c1-2-16(9-6-13-7-9)12-10-4-3-5-11(10)14-8-15-12/h8-9,13H,2-7H2,1H3. The predicted octanol–water partition coefficient (Wildman–Crippen LogP) is 0.763. The maximum Gasteiger partial charge on any atom is 0.135 e. The Labute approximate surface area is 96.1 Å². The summed E-state index contributed by atoms with van der Waals surface area (Å²) in [7, 11) is 0. The molecule has 1 fully saturated rings. The van der Waals surface area contributed by atoms with E-state index >= 15 is 0 Å². The molecule has 1 aromatic heterocycles. The third-order valence-corrected chi connectivity index (χ3v) is 3.67. The van der Waals surface area contributed by atoms with Crippen molar-refractivity contribution in [3.05, 3.63) is 17.6 Å². The van der Waals surface area contributed by atoms with Gasteiger partial charge in [0.2, 0.25) is 0 Å². The zero-order chi connectivity index (χ0) is 11.0. The Morgan fingerprint density at radius 2 is 2.25 bits per heavy atom. The molecule has 0 bridgehead atoms. The summed E-state index contributed by atoms with van der Waals surface area (Å²) in [5, 5.41) is 3.33. The van der Waals surface area contributed by atoms with Gasteiger partial charge in [0.1, 0.15) is 12.1 Å². The minimum absolute atomic E-state index is 0.629. The number of hydrogen-bond acceptors (Lipinski definition) is 4. The maximum absolute atomic E-state index is 4.51. The topological polar surface area (TPSA) is 41.1 Å². The minimum atomic E-state index is 0.629. The molecule has 3 rings (SSSR count). The molecular formula is C12H18N4. The molecule has 1 aliphatic carbocycles. The first-order valence-corrected chi connectivity index (χ1v) is 6.20. The van der Waals surface area contributed by atoms with Crippen LogP contribution < -0.4 is 10.2 Å². The fraction of sp³-hybridized carbons (Fsp3) is 0.667. The Morgan fingerprint density at radius 3 is 2.94 bits per heavy atom.